The molecule has 0 saturated carbocycles. The summed E-state index contributed by atoms with van der Waals surface area (Å²) in [6, 6.07) is 0. The summed E-state index contributed by atoms with van der Waals surface area (Å²) in [5.41, 5.74) is 5.92. The minimum atomic E-state index is 0.0219. The molecule has 1 aliphatic carbocycles. The Bertz CT molecular complexity index is 1300. The van der Waals surface area contributed by atoms with Crippen molar-refractivity contribution in [1.82, 2.24) is 24.9 Å². The van der Waals surface area contributed by atoms with Crippen LogP contribution in [0.5, 0.6) is 0 Å². The van der Waals surface area contributed by atoms with Crippen molar-refractivity contribution in [3.8, 4) is 0 Å². The first-order chi connectivity index (χ1) is 21.9. The maximum atomic E-state index is 12.7. The third kappa shape index (κ3) is 7.53. The van der Waals surface area contributed by atoms with Crippen molar-refractivity contribution in [3.63, 3.8) is 0 Å². The molecule has 4 aliphatic rings. The van der Waals surface area contributed by atoms with Gasteiger partial charge in [-0.15, -0.1) is 0 Å². The van der Waals surface area contributed by atoms with Gasteiger partial charge in [0.2, 0.25) is 0 Å². The summed E-state index contributed by atoms with van der Waals surface area (Å²) < 4.78 is 15.1. The number of ether oxygens (including phenoxy) is 2. The van der Waals surface area contributed by atoms with Crippen LogP contribution in [0.25, 0.3) is 0 Å². The highest BCUT2D eigenvalue weighted by atomic mass is 16.5. The topological polar surface area (TPSA) is 141 Å². The summed E-state index contributed by atoms with van der Waals surface area (Å²) in [5.74, 6) is 0.294. The number of amides is 1. The summed E-state index contributed by atoms with van der Waals surface area (Å²) >= 11 is 0. The Labute approximate surface area is 267 Å². The number of aryl methyl sites for hydroxylation is 4. The van der Waals surface area contributed by atoms with Crippen LogP contribution in [0.2, 0.25) is 0 Å². The van der Waals surface area contributed by atoms with Crippen molar-refractivity contribution in [2.45, 2.75) is 110 Å². The first-order valence-corrected chi connectivity index (χ1v) is 17.2. The number of unbranched alkanes of at least 4 members (excludes halogenated alkanes) is 2. The number of rotatable bonds is 10. The summed E-state index contributed by atoms with van der Waals surface area (Å²) in [6.45, 7) is 9.87. The number of ketones is 1. The summed E-state index contributed by atoms with van der Waals surface area (Å²) in [7, 11) is 0. The van der Waals surface area contributed by atoms with Crippen molar-refractivity contribution in [2.24, 2.45) is 10.8 Å². The Morgan fingerprint density at radius 2 is 1.20 bits per heavy atom. The van der Waals surface area contributed by atoms with E-state index in [2.05, 4.69) is 12.2 Å². The van der Waals surface area contributed by atoms with Gasteiger partial charge in [0.05, 0.1) is 33.9 Å². The predicted octanol–water partition coefficient (Wildman–Crippen LogP) is 3.44. The van der Waals surface area contributed by atoms with Crippen molar-refractivity contribution < 1.29 is 29.3 Å². The van der Waals surface area contributed by atoms with Crippen LogP contribution < -0.4 is 5.32 Å². The number of aromatic nitrogens is 4. The Morgan fingerprint density at radius 1 is 0.711 bits per heavy atom. The molecule has 2 saturated heterocycles. The molecule has 2 aromatic rings. The number of carbonyl (C=O) groups excluding carboxylic acids is 2. The van der Waals surface area contributed by atoms with Gasteiger partial charge in [0, 0.05) is 65.7 Å². The van der Waals surface area contributed by atoms with Crippen LogP contribution in [0.4, 0.5) is 0 Å². The Balaban J connectivity index is 0.000000178. The molecule has 1 amide bonds. The first-order valence-electron chi connectivity index (χ1n) is 17.2. The van der Waals surface area contributed by atoms with Gasteiger partial charge in [-0.05, 0) is 87.9 Å². The maximum absolute atomic E-state index is 12.7. The van der Waals surface area contributed by atoms with Crippen molar-refractivity contribution >= 4 is 11.7 Å². The molecular weight excluding hydrogens is 574 g/mol. The SMILES string of the molecule is CCc1nn(CCCCO)c2c1C(=O)CC1(CCOCC1)C2.CCc1nn(CCCCO)c2c1C(=O)NCC1(CCOCC1)C2. The van der Waals surface area contributed by atoms with Crippen LogP contribution in [-0.2, 0) is 48.2 Å². The van der Waals surface area contributed by atoms with E-state index in [1.807, 2.05) is 16.3 Å². The van der Waals surface area contributed by atoms with E-state index in [1.165, 1.54) is 0 Å². The van der Waals surface area contributed by atoms with E-state index < -0.39 is 0 Å². The molecule has 0 radical (unpaired) electrons. The largest absolute Gasteiger partial charge is 0.396 e. The monoisotopic (exact) mass is 627 g/mol. The van der Waals surface area contributed by atoms with Gasteiger partial charge in [0.15, 0.2) is 5.78 Å². The zero-order valence-corrected chi connectivity index (χ0v) is 27.4. The second-order valence-corrected chi connectivity index (χ2v) is 13.4. The van der Waals surface area contributed by atoms with Crippen LogP contribution >= 0.6 is 0 Å². The highest BCUT2D eigenvalue weighted by molar-refractivity contribution is 6.00. The fourth-order valence-electron chi connectivity index (χ4n) is 7.59. The number of Topliss-reactive ketones (excluding diaryl/α,β-unsaturated/α-hetero) is 1. The lowest BCUT2D eigenvalue weighted by molar-refractivity contribution is 0.00826. The lowest BCUT2D eigenvalue weighted by Crippen LogP contribution is -2.40. The number of carbonyl (C=O) groups is 2. The van der Waals surface area contributed by atoms with Gasteiger partial charge in [-0.2, -0.15) is 10.2 Å². The molecule has 2 fully saturated rings. The molecule has 6 rings (SSSR count). The van der Waals surface area contributed by atoms with Gasteiger partial charge in [-0.3, -0.25) is 19.0 Å². The van der Waals surface area contributed by atoms with Gasteiger partial charge in [0.1, 0.15) is 0 Å². The van der Waals surface area contributed by atoms with Gasteiger partial charge < -0.3 is 25.0 Å². The van der Waals surface area contributed by atoms with Crippen LogP contribution in [-0.4, -0.2) is 87.7 Å². The van der Waals surface area contributed by atoms with E-state index in [-0.39, 0.29) is 35.7 Å². The molecule has 11 nitrogen and oxygen atoms in total. The molecule has 2 spiro atoms. The molecule has 11 heteroatoms. The normalized spacial score (nSPS) is 20.3. The predicted molar refractivity (Wildman–Crippen MR) is 170 cm³/mol. The molecule has 0 bridgehead atoms. The zero-order valence-electron chi connectivity index (χ0n) is 27.4. The zero-order chi connectivity index (χ0) is 31.9. The molecule has 5 heterocycles. The third-order valence-corrected chi connectivity index (χ3v) is 10.3. The van der Waals surface area contributed by atoms with Gasteiger partial charge in [-0.1, -0.05) is 13.8 Å². The molecule has 0 atom stereocenters. The number of fused-ring (bicyclic) bond motifs is 2. The number of aliphatic hydroxyl groups excluding tert-OH is 2. The van der Waals surface area contributed by atoms with E-state index in [4.69, 9.17) is 29.9 Å². The average Bonchev–Trinajstić information content (AvgIpc) is 3.54. The summed E-state index contributed by atoms with van der Waals surface area (Å²) in [4.78, 5) is 25.4. The smallest absolute Gasteiger partial charge is 0.255 e. The quantitative estimate of drug-likeness (QED) is 0.341. The van der Waals surface area contributed by atoms with Crippen LogP contribution in [0.1, 0.15) is 115 Å². The summed E-state index contributed by atoms with van der Waals surface area (Å²) in [5, 5.41) is 30.5. The molecule has 0 unspecified atom stereocenters. The number of nitrogens with one attached hydrogen (secondary N) is 1. The second kappa shape index (κ2) is 15.3. The maximum Gasteiger partial charge on any atom is 0.255 e. The third-order valence-electron chi connectivity index (χ3n) is 10.3. The standard InChI is InChI=1S/C17H27N3O3.C17H26N2O3/c1-2-13-15-14(20(19-13)7-3-4-8-21)11-17(12-18-16(15)22)5-9-23-10-6-17;1-2-13-16-14(19(18-13)7-3-4-8-20)11-17(12-15(16)21)5-9-22-10-6-17/h21H,2-12H2,1H3,(H,18,22);20H,2-12H2,1H3. The van der Waals surface area contributed by atoms with E-state index >= 15 is 0 Å². The molecule has 2 aromatic heterocycles. The fraction of sp³-hybridized carbons (Fsp3) is 0.765. The van der Waals surface area contributed by atoms with Gasteiger partial charge in [0.25, 0.3) is 5.91 Å². The van der Waals surface area contributed by atoms with Crippen LogP contribution in [0.3, 0.4) is 0 Å². The molecule has 0 aromatic carbocycles. The Morgan fingerprint density at radius 3 is 1.73 bits per heavy atom. The van der Waals surface area contributed by atoms with E-state index in [0.717, 1.165) is 157 Å². The van der Waals surface area contributed by atoms with Crippen LogP contribution in [0.15, 0.2) is 0 Å². The van der Waals surface area contributed by atoms with Crippen molar-refractivity contribution in [3.05, 3.63) is 33.9 Å². The van der Waals surface area contributed by atoms with E-state index in [1.54, 1.807) is 0 Å². The summed E-state index contributed by atoms with van der Waals surface area (Å²) in [6.07, 6.45) is 11.3. The molecule has 3 N–H and O–H groups in total. The first kappa shape index (κ1) is 33.8. The van der Waals surface area contributed by atoms with E-state index in [9.17, 15) is 9.59 Å². The number of hydrogen-bond acceptors (Lipinski definition) is 8. The minimum Gasteiger partial charge on any atom is -0.396 e. The second-order valence-electron chi connectivity index (χ2n) is 13.4. The number of nitrogens with zero attached hydrogens (tertiary/aromatic N) is 4. The molecule has 3 aliphatic heterocycles. The Hall–Kier alpha value is -2.60. The van der Waals surface area contributed by atoms with Gasteiger partial charge in [-0.25, -0.2) is 0 Å². The molecule has 45 heavy (non-hydrogen) atoms. The minimum absolute atomic E-state index is 0.0219. The highest BCUT2D eigenvalue weighted by Crippen LogP contribution is 2.44. The number of aliphatic hydroxyl groups is 2. The number of hydrogen-bond donors (Lipinski definition) is 3. The lowest BCUT2D eigenvalue weighted by atomic mass is 9.68. The van der Waals surface area contributed by atoms with E-state index in [0.29, 0.717) is 6.42 Å². The fourth-order valence-corrected chi connectivity index (χ4v) is 7.59. The molecular formula is C34H53N5O6. The van der Waals surface area contributed by atoms with Crippen molar-refractivity contribution in [2.75, 3.05) is 46.2 Å². The molecule has 250 valence electrons. The Kier molecular flexibility index (Phi) is 11.5. The highest BCUT2D eigenvalue weighted by Gasteiger charge is 2.43. The lowest BCUT2D eigenvalue weighted by Gasteiger charge is -2.39. The van der Waals surface area contributed by atoms with Crippen molar-refractivity contribution in [1.29, 1.82) is 0 Å². The van der Waals surface area contributed by atoms with Crippen LogP contribution in [0, 0.1) is 10.8 Å². The average molecular weight is 628 g/mol. The van der Waals surface area contributed by atoms with Gasteiger partial charge >= 0.3 is 0 Å².